The van der Waals surface area contributed by atoms with Crippen LogP contribution >= 0.6 is 11.3 Å². The van der Waals surface area contributed by atoms with Crippen molar-refractivity contribution in [1.29, 1.82) is 0 Å². The molecule has 0 N–H and O–H groups in total. The maximum absolute atomic E-state index is 13.0. The molecule has 150 valence electrons. The zero-order chi connectivity index (χ0) is 20.2. The van der Waals surface area contributed by atoms with Crippen LogP contribution in [0.15, 0.2) is 53.9 Å². The summed E-state index contributed by atoms with van der Waals surface area (Å²) < 4.78 is 11.0. The van der Waals surface area contributed by atoms with Gasteiger partial charge in [-0.2, -0.15) is 0 Å². The average Bonchev–Trinajstić information content (AvgIpc) is 3.49. The van der Waals surface area contributed by atoms with Crippen molar-refractivity contribution in [1.82, 2.24) is 9.88 Å². The number of aromatic nitrogens is 1. The Morgan fingerprint density at radius 1 is 1.17 bits per heavy atom. The van der Waals surface area contributed by atoms with E-state index < -0.39 is 0 Å². The average molecular weight is 409 g/mol. The topological polar surface area (TPSA) is 51.7 Å². The molecule has 1 amide bonds. The molecule has 1 aliphatic rings. The van der Waals surface area contributed by atoms with E-state index in [-0.39, 0.29) is 5.91 Å². The van der Waals surface area contributed by atoms with Gasteiger partial charge in [-0.15, -0.1) is 11.3 Å². The molecule has 0 spiro atoms. The van der Waals surface area contributed by atoms with Crippen LogP contribution in [0.2, 0.25) is 0 Å². The van der Waals surface area contributed by atoms with E-state index in [2.05, 4.69) is 4.98 Å². The first kappa shape index (κ1) is 19.5. The van der Waals surface area contributed by atoms with Crippen molar-refractivity contribution in [2.24, 2.45) is 0 Å². The number of hydrogen-bond donors (Lipinski definition) is 0. The van der Waals surface area contributed by atoms with Gasteiger partial charge in [-0.25, -0.2) is 4.98 Å². The van der Waals surface area contributed by atoms with E-state index in [4.69, 9.17) is 9.47 Å². The molecule has 1 aromatic heterocycles. The van der Waals surface area contributed by atoms with Gasteiger partial charge in [0.25, 0.3) is 5.91 Å². The van der Waals surface area contributed by atoms with Crippen LogP contribution < -0.4 is 9.47 Å². The number of nitrogens with zero attached hydrogens (tertiary/aromatic N) is 2. The fraction of sp³-hybridized carbons (Fsp3) is 0.304. The second-order valence-corrected chi connectivity index (χ2v) is 8.17. The molecule has 1 fully saturated rings. The lowest BCUT2D eigenvalue weighted by atomic mass is 10.2. The molecular weight excluding hydrogens is 384 g/mol. The third-order valence-corrected chi connectivity index (χ3v) is 5.74. The van der Waals surface area contributed by atoms with Gasteiger partial charge in [0.1, 0.15) is 23.1 Å². The molecule has 0 bridgehead atoms. The van der Waals surface area contributed by atoms with Crippen LogP contribution in [0, 0.1) is 6.92 Å². The number of hydrogen-bond acceptors (Lipinski definition) is 5. The molecule has 0 unspecified atom stereocenters. The number of benzene rings is 2. The van der Waals surface area contributed by atoms with Crippen molar-refractivity contribution in [3.05, 3.63) is 75.7 Å². The Morgan fingerprint density at radius 3 is 2.66 bits per heavy atom. The molecular formula is C23H24N2O3S. The van der Waals surface area contributed by atoms with Crippen LogP contribution in [0.1, 0.15) is 39.5 Å². The van der Waals surface area contributed by atoms with E-state index in [0.717, 1.165) is 35.0 Å². The first-order valence-electron chi connectivity index (χ1n) is 9.70. The Labute approximate surface area is 174 Å². The minimum absolute atomic E-state index is 0.0423. The Kier molecular flexibility index (Phi) is 5.81. The largest absolute Gasteiger partial charge is 0.497 e. The summed E-state index contributed by atoms with van der Waals surface area (Å²) in [6.07, 6.45) is 2.10. The summed E-state index contributed by atoms with van der Waals surface area (Å²) in [5.41, 5.74) is 2.75. The number of carbonyl (C=O) groups excluding carboxylic acids is 1. The van der Waals surface area contributed by atoms with Gasteiger partial charge >= 0.3 is 0 Å². The first-order valence-corrected chi connectivity index (χ1v) is 10.6. The summed E-state index contributed by atoms with van der Waals surface area (Å²) in [4.78, 5) is 19.6. The third kappa shape index (κ3) is 4.95. The van der Waals surface area contributed by atoms with Crippen LogP contribution in [0.3, 0.4) is 0 Å². The lowest BCUT2D eigenvalue weighted by Crippen LogP contribution is -2.32. The van der Waals surface area contributed by atoms with Crippen molar-refractivity contribution in [2.75, 3.05) is 7.11 Å². The quantitative estimate of drug-likeness (QED) is 0.535. The highest BCUT2D eigenvalue weighted by Crippen LogP contribution is 2.30. The predicted octanol–water partition coefficient (Wildman–Crippen LogP) is 4.84. The highest BCUT2D eigenvalue weighted by atomic mass is 32.1. The molecule has 5 nitrogen and oxygen atoms in total. The Morgan fingerprint density at radius 2 is 1.97 bits per heavy atom. The summed E-state index contributed by atoms with van der Waals surface area (Å²) in [5.74, 6) is 1.63. The molecule has 3 aromatic rings. The number of aryl methyl sites for hydroxylation is 1. The lowest BCUT2D eigenvalue weighted by Gasteiger charge is -2.21. The van der Waals surface area contributed by atoms with Gasteiger partial charge in [-0.3, -0.25) is 4.79 Å². The standard InChI is InChI=1S/C23H24N2O3S/c1-16-4-3-5-21(12-16)28-14-22-24-18(15-29-22)13-25(19-8-9-19)23(26)17-6-10-20(27-2)11-7-17/h3-7,10-12,15,19H,8-9,13-14H2,1-2H3. The summed E-state index contributed by atoms with van der Waals surface area (Å²) in [7, 11) is 1.62. The van der Waals surface area contributed by atoms with Crippen LogP contribution in [0.5, 0.6) is 11.5 Å². The van der Waals surface area contributed by atoms with Crippen LogP contribution in [-0.4, -0.2) is 28.9 Å². The summed E-state index contributed by atoms with van der Waals surface area (Å²) in [6.45, 7) is 3.00. The van der Waals surface area contributed by atoms with Gasteiger partial charge in [-0.05, 0) is 61.7 Å². The zero-order valence-electron chi connectivity index (χ0n) is 16.6. The van der Waals surface area contributed by atoms with Crippen molar-refractivity contribution in [3.63, 3.8) is 0 Å². The van der Waals surface area contributed by atoms with Gasteiger partial charge in [0.05, 0.1) is 19.3 Å². The summed E-state index contributed by atoms with van der Waals surface area (Å²) in [6, 6.07) is 15.6. The number of carbonyl (C=O) groups is 1. The number of thiazole rings is 1. The zero-order valence-corrected chi connectivity index (χ0v) is 17.4. The van der Waals surface area contributed by atoms with Crippen molar-refractivity contribution in [2.45, 2.75) is 39.0 Å². The van der Waals surface area contributed by atoms with E-state index >= 15 is 0 Å². The lowest BCUT2D eigenvalue weighted by molar-refractivity contribution is 0.0728. The molecule has 6 heteroatoms. The van der Waals surface area contributed by atoms with Gasteiger partial charge in [0, 0.05) is 17.0 Å². The molecule has 29 heavy (non-hydrogen) atoms. The predicted molar refractivity (Wildman–Crippen MR) is 114 cm³/mol. The Bertz CT molecular complexity index is 980. The molecule has 1 aliphatic carbocycles. The summed E-state index contributed by atoms with van der Waals surface area (Å²) in [5, 5.41) is 2.93. The molecule has 1 saturated carbocycles. The van der Waals surface area contributed by atoms with E-state index in [0.29, 0.717) is 24.8 Å². The van der Waals surface area contributed by atoms with Crippen molar-refractivity contribution < 1.29 is 14.3 Å². The molecule has 0 saturated heterocycles. The van der Waals surface area contributed by atoms with Crippen molar-refractivity contribution >= 4 is 17.2 Å². The first-order chi connectivity index (χ1) is 14.1. The number of ether oxygens (including phenoxy) is 2. The number of rotatable bonds is 8. The van der Waals surface area contributed by atoms with E-state index in [1.54, 1.807) is 18.4 Å². The monoisotopic (exact) mass is 408 g/mol. The maximum atomic E-state index is 13.0. The smallest absolute Gasteiger partial charge is 0.254 e. The molecule has 0 radical (unpaired) electrons. The van der Waals surface area contributed by atoms with Crippen LogP contribution in [0.25, 0.3) is 0 Å². The van der Waals surface area contributed by atoms with E-state index in [9.17, 15) is 4.79 Å². The summed E-state index contributed by atoms with van der Waals surface area (Å²) >= 11 is 1.57. The minimum Gasteiger partial charge on any atom is -0.497 e. The molecule has 0 aliphatic heterocycles. The molecule has 2 aromatic carbocycles. The van der Waals surface area contributed by atoms with Gasteiger partial charge in [-0.1, -0.05) is 12.1 Å². The third-order valence-electron chi connectivity index (χ3n) is 4.87. The Balaban J connectivity index is 1.40. The molecule has 0 atom stereocenters. The number of amides is 1. The fourth-order valence-corrected chi connectivity index (χ4v) is 3.86. The number of methoxy groups -OCH3 is 1. The second kappa shape index (κ2) is 8.66. The van der Waals surface area contributed by atoms with E-state index in [1.165, 1.54) is 5.56 Å². The SMILES string of the molecule is COc1ccc(C(=O)N(Cc2csc(COc3cccc(C)c3)n2)C2CC2)cc1. The second-order valence-electron chi connectivity index (χ2n) is 7.23. The highest BCUT2D eigenvalue weighted by Gasteiger charge is 2.33. The Hall–Kier alpha value is -2.86. The maximum Gasteiger partial charge on any atom is 0.254 e. The van der Waals surface area contributed by atoms with Crippen LogP contribution in [0.4, 0.5) is 0 Å². The molecule has 1 heterocycles. The van der Waals surface area contributed by atoms with Gasteiger partial charge in [0.2, 0.25) is 0 Å². The van der Waals surface area contributed by atoms with E-state index in [1.807, 2.05) is 65.7 Å². The minimum atomic E-state index is 0.0423. The normalized spacial score (nSPS) is 13.2. The highest BCUT2D eigenvalue weighted by molar-refractivity contribution is 7.09. The van der Waals surface area contributed by atoms with Gasteiger partial charge < -0.3 is 14.4 Å². The molecule has 4 rings (SSSR count). The van der Waals surface area contributed by atoms with Crippen LogP contribution in [-0.2, 0) is 13.2 Å². The fourth-order valence-electron chi connectivity index (χ4n) is 3.16. The van der Waals surface area contributed by atoms with Crippen molar-refractivity contribution in [3.8, 4) is 11.5 Å². The van der Waals surface area contributed by atoms with Gasteiger partial charge in [0.15, 0.2) is 0 Å².